The number of fused-ring (bicyclic) bond motifs is 5. The van der Waals surface area contributed by atoms with E-state index >= 15 is 0 Å². The second kappa shape index (κ2) is 8.42. The van der Waals surface area contributed by atoms with E-state index in [0.717, 1.165) is 34.4 Å². The molecular weight excluding hydrogens is 484 g/mol. The largest absolute Gasteiger partial charge is 0.0887 e. The summed E-state index contributed by atoms with van der Waals surface area (Å²) in [5.74, 6) is 5.19. The summed E-state index contributed by atoms with van der Waals surface area (Å²) in [5, 5.41) is 0. The third-order valence-electron chi connectivity index (χ3n) is 10.0. The molecule has 8 atom stereocenters. The predicted molar refractivity (Wildman–Crippen MR) is 134 cm³/mol. The highest BCUT2D eigenvalue weighted by atomic mass is 79.9. The Morgan fingerprint density at radius 3 is 2.59 bits per heavy atom. The molecule has 4 aliphatic rings. The lowest BCUT2D eigenvalue weighted by Crippen LogP contribution is -2.50. The number of alkyl halides is 1. The van der Waals surface area contributed by atoms with Gasteiger partial charge in [0.25, 0.3) is 0 Å². The summed E-state index contributed by atoms with van der Waals surface area (Å²) in [6.45, 7) is 12.4. The Bertz CT molecular complexity index is 676. The van der Waals surface area contributed by atoms with Crippen molar-refractivity contribution in [2.24, 2.45) is 46.3 Å². The van der Waals surface area contributed by atoms with E-state index in [1.165, 1.54) is 62.3 Å². The molecule has 0 radical (unpaired) electrons. The van der Waals surface area contributed by atoms with Crippen LogP contribution in [0.3, 0.4) is 0 Å². The lowest BCUT2D eigenvalue weighted by atomic mass is 9.47. The van der Waals surface area contributed by atoms with E-state index in [1.54, 1.807) is 0 Å². The average Bonchev–Trinajstić information content (AvgIpc) is 3.03. The maximum absolute atomic E-state index is 3.92. The molecule has 164 valence electrons. The van der Waals surface area contributed by atoms with Crippen molar-refractivity contribution >= 4 is 31.9 Å². The molecule has 3 saturated carbocycles. The minimum absolute atomic E-state index is 0.503. The highest BCUT2D eigenvalue weighted by Gasteiger charge is 2.58. The molecule has 0 N–H and O–H groups in total. The van der Waals surface area contributed by atoms with Crippen LogP contribution in [0.25, 0.3) is 0 Å². The van der Waals surface area contributed by atoms with Crippen LogP contribution in [0.15, 0.2) is 22.2 Å². The smallest absolute Gasteiger partial charge is 0.0183 e. The Balaban J connectivity index is 1.52. The van der Waals surface area contributed by atoms with Crippen molar-refractivity contribution < 1.29 is 0 Å². The van der Waals surface area contributed by atoms with Gasteiger partial charge in [0.15, 0.2) is 0 Å². The molecule has 0 aromatic heterocycles. The first-order chi connectivity index (χ1) is 13.7. The zero-order chi connectivity index (χ0) is 21.0. The number of hydrogen-bond donors (Lipinski definition) is 0. The highest BCUT2D eigenvalue weighted by Crippen LogP contribution is 2.67. The summed E-state index contributed by atoms with van der Waals surface area (Å²) in [5.41, 5.74) is 2.89. The fourth-order valence-corrected chi connectivity index (χ4v) is 9.05. The van der Waals surface area contributed by atoms with E-state index < -0.39 is 0 Å². The fourth-order valence-electron chi connectivity index (χ4n) is 8.29. The van der Waals surface area contributed by atoms with E-state index in [2.05, 4.69) is 78.6 Å². The molecule has 2 heteroatoms. The molecule has 0 amide bonds. The van der Waals surface area contributed by atoms with Gasteiger partial charge in [0, 0.05) is 4.83 Å². The average molecular weight is 526 g/mol. The van der Waals surface area contributed by atoms with Gasteiger partial charge in [-0.05, 0) is 109 Å². The second-order valence-corrected chi connectivity index (χ2v) is 14.0. The summed E-state index contributed by atoms with van der Waals surface area (Å²) in [6.07, 6.45) is 17.8. The van der Waals surface area contributed by atoms with E-state index in [4.69, 9.17) is 0 Å². The molecule has 0 bridgehead atoms. The molecular formula is C27H42Br2. The third-order valence-corrected chi connectivity index (χ3v) is 12.1. The SMILES string of the molecule is CC(C)/C(Br)=C/C[C@@H](C)[C@H]1CC[C@H]2[C@@H]3CC=C4C[C@@H](Br)CC[C@]4(C)[C@H]3CC[C@]12C. The van der Waals surface area contributed by atoms with Crippen LogP contribution >= 0.6 is 31.9 Å². The number of hydrogen-bond acceptors (Lipinski definition) is 0. The summed E-state index contributed by atoms with van der Waals surface area (Å²) in [6, 6.07) is 0. The van der Waals surface area contributed by atoms with E-state index in [0.29, 0.717) is 16.7 Å². The summed E-state index contributed by atoms with van der Waals surface area (Å²) in [7, 11) is 0. The quantitative estimate of drug-likeness (QED) is 0.253. The fraction of sp³-hybridized carbons (Fsp3) is 0.852. The number of rotatable bonds is 4. The first kappa shape index (κ1) is 22.6. The van der Waals surface area contributed by atoms with Crippen LogP contribution in [0, 0.1) is 46.3 Å². The molecule has 0 spiro atoms. The van der Waals surface area contributed by atoms with Crippen molar-refractivity contribution in [3.63, 3.8) is 0 Å². The highest BCUT2D eigenvalue weighted by molar-refractivity contribution is 9.11. The Hall–Kier alpha value is 0.440. The Kier molecular flexibility index (Phi) is 6.57. The van der Waals surface area contributed by atoms with Crippen molar-refractivity contribution in [1.82, 2.24) is 0 Å². The normalized spacial score (nSPS) is 46.0. The predicted octanol–water partition coefficient (Wildman–Crippen LogP) is 9.29. The van der Waals surface area contributed by atoms with Crippen molar-refractivity contribution in [3.8, 4) is 0 Å². The van der Waals surface area contributed by atoms with Gasteiger partial charge in [-0.1, -0.05) is 84.2 Å². The minimum Gasteiger partial charge on any atom is -0.0887 e. The van der Waals surface area contributed by atoms with Gasteiger partial charge in [0.05, 0.1) is 0 Å². The number of allylic oxidation sites excluding steroid dienone is 4. The van der Waals surface area contributed by atoms with Crippen LogP contribution in [0.2, 0.25) is 0 Å². The van der Waals surface area contributed by atoms with E-state index in [9.17, 15) is 0 Å². The summed E-state index contributed by atoms with van der Waals surface area (Å²) < 4.78 is 1.40. The molecule has 0 saturated heterocycles. The van der Waals surface area contributed by atoms with Crippen LogP contribution in [0.1, 0.15) is 92.4 Å². The molecule has 0 aliphatic heterocycles. The van der Waals surface area contributed by atoms with Gasteiger partial charge in [-0.2, -0.15) is 0 Å². The lowest BCUT2D eigenvalue weighted by molar-refractivity contribution is -0.0487. The van der Waals surface area contributed by atoms with Gasteiger partial charge in [-0.3, -0.25) is 0 Å². The van der Waals surface area contributed by atoms with Gasteiger partial charge in [-0.25, -0.2) is 0 Å². The standard InChI is InChI=1S/C27H42Br2/c1-17(2)25(29)11-6-18(3)22-9-10-23-21-8-7-19-16-20(28)12-14-26(19,4)24(21)13-15-27(22,23)5/h7,11,17-18,20-24H,6,8-10,12-16H2,1-5H3/b25-11-/t18-,20+,21+,22-,23+,24+,26+,27-/m1/s1. The third kappa shape index (κ3) is 3.90. The Morgan fingerprint density at radius 2 is 1.86 bits per heavy atom. The Labute approximate surface area is 197 Å². The van der Waals surface area contributed by atoms with Crippen LogP contribution in [-0.4, -0.2) is 4.83 Å². The monoisotopic (exact) mass is 524 g/mol. The van der Waals surface area contributed by atoms with Crippen LogP contribution in [0.5, 0.6) is 0 Å². The minimum atomic E-state index is 0.503. The molecule has 4 rings (SSSR count). The van der Waals surface area contributed by atoms with Gasteiger partial charge in [-0.15, -0.1) is 0 Å². The zero-order valence-corrected chi connectivity index (χ0v) is 22.5. The molecule has 0 nitrogen and oxygen atoms in total. The maximum atomic E-state index is 3.92. The maximum Gasteiger partial charge on any atom is 0.0183 e. The summed E-state index contributed by atoms with van der Waals surface area (Å²) in [4.78, 5) is 0.724. The van der Waals surface area contributed by atoms with Gasteiger partial charge >= 0.3 is 0 Å². The first-order valence-corrected chi connectivity index (χ1v) is 14.1. The van der Waals surface area contributed by atoms with E-state index in [-0.39, 0.29) is 0 Å². The molecule has 0 unspecified atom stereocenters. The van der Waals surface area contributed by atoms with Crippen LogP contribution in [-0.2, 0) is 0 Å². The number of halogens is 2. The Morgan fingerprint density at radius 1 is 1.10 bits per heavy atom. The molecule has 29 heavy (non-hydrogen) atoms. The van der Waals surface area contributed by atoms with Crippen LogP contribution < -0.4 is 0 Å². The molecule has 3 fully saturated rings. The van der Waals surface area contributed by atoms with E-state index in [1.807, 2.05) is 5.57 Å². The first-order valence-electron chi connectivity index (χ1n) is 12.4. The molecule has 0 heterocycles. The van der Waals surface area contributed by atoms with Gasteiger partial charge < -0.3 is 0 Å². The van der Waals surface area contributed by atoms with Gasteiger partial charge in [0.1, 0.15) is 0 Å². The molecule has 4 aliphatic carbocycles. The molecule has 0 aromatic carbocycles. The molecule has 0 aromatic rings. The van der Waals surface area contributed by atoms with Crippen molar-refractivity contribution in [3.05, 3.63) is 22.2 Å². The second-order valence-electron chi connectivity index (χ2n) is 11.8. The van der Waals surface area contributed by atoms with Gasteiger partial charge in [0.2, 0.25) is 0 Å². The van der Waals surface area contributed by atoms with Crippen LogP contribution in [0.4, 0.5) is 0 Å². The zero-order valence-electron chi connectivity index (χ0n) is 19.3. The topological polar surface area (TPSA) is 0 Å². The van der Waals surface area contributed by atoms with Crippen molar-refractivity contribution in [2.45, 2.75) is 97.2 Å². The lowest BCUT2D eigenvalue weighted by Gasteiger charge is -2.58. The summed E-state index contributed by atoms with van der Waals surface area (Å²) >= 11 is 7.73. The van der Waals surface area contributed by atoms with Crippen molar-refractivity contribution in [2.75, 3.05) is 0 Å². The van der Waals surface area contributed by atoms with Crippen molar-refractivity contribution in [1.29, 1.82) is 0 Å².